The zero-order valence-corrected chi connectivity index (χ0v) is 42.8. The van der Waals surface area contributed by atoms with Crippen molar-refractivity contribution in [1.29, 1.82) is 0 Å². The summed E-state index contributed by atoms with van der Waals surface area (Å²) in [5, 5.41) is 48.2. The Kier molecular flexibility index (Phi) is 19.5. The fourth-order valence-corrected chi connectivity index (χ4v) is 9.42. The van der Waals surface area contributed by atoms with Crippen LogP contribution in [0.3, 0.4) is 0 Å². The third kappa shape index (κ3) is 14.3. The lowest BCUT2D eigenvalue weighted by Gasteiger charge is -2.53. The number of fused-ring (bicyclic) bond motifs is 6. The zero-order chi connectivity index (χ0) is 51.6. The van der Waals surface area contributed by atoms with Crippen LogP contribution in [-0.4, -0.2) is 131 Å². The highest BCUT2D eigenvalue weighted by Crippen LogP contribution is 2.50. The Morgan fingerprint density at radius 1 is 0.857 bits per heavy atom. The van der Waals surface area contributed by atoms with Crippen molar-refractivity contribution >= 4 is 45.8 Å². The molecule has 0 aliphatic carbocycles. The number of ether oxygens (including phenoxy) is 8. The number of rotatable bonds is 10. The van der Waals surface area contributed by atoms with Crippen LogP contribution in [0.1, 0.15) is 116 Å². The average molecular weight is 1050 g/mol. The van der Waals surface area contributed by atoms with Gasteiger partial charge in [-0.3, -0.25) is 4.79 Å². The largest absolute Gasteiger partial charge is 0.466 e. The highest BCUT2D eigenvalue weighted by molar-refractivity contribution is 9.10. The summed E-state index contributed by atoms with van der Waals surface area (Å²) in [4.78, 5) is 66.4. The van der Waals surface area contributed by atoms with Crippen LogP contribution in [-0.2, 0) is 57.1 Å². The Balaban J connectivity index is 1.62. The molecule has 6 bridgehead atoms. The van der Waals surface area contributed by atoms with Crippen LogP contribution in [0.2, 0.25) is 0 Å². The summed E-state index contributed by atoms with van der Waals surface area (Å²) in [5.74, 6) is -8.49. The molecule has 70 heavy (non-hydrogen) atoms. The van der Waals surface area contributed by atoms with Gasteiger partial charge in [0.2, 0.25) is 5.79 Å². The minimum atomic E-state index is -2.48. The quantitative estimate of drug-likeness (QED) is 0.0658. The Labute approximate surface area is 418 Å². The van der Waals surface area contributed by atoms with Gasteiger partial charge in [-0.25, -0.2) is 19.2 Å². The summed E-state index contributed by atoms with van der Waals surface area (Å²) in [5.41, 5.74) is -1.92. The topological polar surface area (TPSA) is 240 Å². The van der Waals surface area contributed by atoms with Crippen molar-refractivity contribution < 1.29 is 82.3 Å². The zero-order valence-electron chi connectivity index (χ0n) is 41.2. The molecule has 18 heteroatoms. The fraction of sp³-hybridized carbons (Fsp3) is 0.596. The second-order valence-electron chi connectivity index (χ2n) is 19.6. The molecular formula is C52H69BrO17. The SMILES string of the molecule is CCCC=CC=CC(=O)OC1C(=CC(=O)OC)CC2CC(C(C)O)OC(=O)CC(O)CC3CC(OC(=O)c4ccc(Br)cc4)C(C)(C)C(O)(CC4CC(=CC(=O)OC)CC(C=CC(C)(C)C1(O)O2)O4)O3. The first-order chi connectivity index (χ1) is 32.9. The summed E-state index contributed by atoms with van der Waals surface area (Å²) < 4.78 is 48.2. The minimum Gasteiger partial charge on any atom is -0.466 e. The maximum Gasteiger partial charge on any atom is 0.338 e. The average Bonchev–Trinajstić information content (AvgIpc) is 3.28. The van der Waals surface area contributed by atoms with E-state index < -0.39 is 114 Å². The van der Waals surface area contributed by atoms with Gasteiger partial charge in [-0.05, 0) is 62.4 Å². The maximum absolute atomic E-state index is 13.6. The molecule has 3 fully saturated rings. The maximum atomic E-state index is 13.6. The lowest BCUT2D eigenvalue weighted by atomic mass is 9.70. The smallest absolute Gasteiger partial charge is 0.338 e. The van der Waals surface area contributed by atoms with Gasteiger partial charge in [0.25, 0.3) is 0 Å². The standard InChI is InChI=1S/C52H69BrO17/c1-9-10-11-12-13-14-43(56)68-47-34(25-45(58)64-8)24-38-28-41(31(2)54)66-46(59)27-36(55)26-39-29-42(67-48(60)33-15-17-35(53)18-16-33)50(5,6)51(61,69-39)30-40-22-32(23-44(57)63-7)21-37(65-40)19-20-49(3,4)52(47,62)70-38/h11-20,23,25,31,36-42,47,54-55,61-62H,9-10,21-22,24,26-30H2,1-8H3. The third-order valence-corrected chi connectivity index (χ3v) is 13.9. The summed E-state index contributed by atoms with van der Waals surface area (Å²) in [6, 6.07) is 6.56. The highest BCUT2D eigenvalue weighted by Gasteiger charge is 2.59. The molecule has 0 amide bonds. The van der Waals surface area contributed by atoms with Gasteiger partial charge in [-0.2, -0.15) is 0 Å². The molecule has 0 radical (unpaired) electrons. The minimum absolute atomic E-state index is 0.0192. The Hall–Kier alpha value is -4.53. The van der Waals surface area contributed by atoms with E-state index >= 15 is 0 Å². The van der Waals surface area contributed by atoms with Crippen molar-refractivity contribution in [3.63, 3.8) is 0 Å². The van der Waals surface area contributed by atoms with Crippen LogP contribution in [0.15, 0.2) is 88.5 Å². The van der Waals surface area contributed by atoms with Crippen LogP contribution < -0.4 is 0 Å². The van der Waals surface area contributed by atoms with Crippen LogP contribution in [0, 0.1) is 10.8 Å². The second-order valence-corrected chi connectivity index (χ2v) is 20.5. The number of halogens is 1. The molecule has 0 spiro atoms. The van der Waals surface area contributed by atoms with Crippen LogP contribution in [0.4, 0.5) is 0 Å². The van der Waals surface area contributed by atoms with Crippen molar-refractivity contribution in [3.05, 3.63) is 94.1 Å². The molecule has 4 aliphatic heterocycles. The molecule has 5 rings (SSSR count). The summed E-state index contributed by atoms with van der Waals surface area (Å²) in [7, 11) is 2.41. The number of hydrogen-bond acceptors (Lipinski definition) is 17. The van der Waals surface area contributed by atoms with E-state index in [9.17, 15) is 44.4 Å². The summed E-state index contributed by atoms with van der Waals surface area (Å²) >= 11 is 3.37. The Morgan fingerprint density at radius 2 is 1.54 bits per heavy atom. The monoisotopic (exact) mass is 1040 g/mol. The van der Waals surface area contributed by atoms with Crippen molar-refractivity contribution in [2.24, 2.45) is 10.8 Å². The van der Waals surface area contributed by atoms with Gasteiger partial charge in [0.15, 0.2) is 11.9 Å². The van der Waals surface area contributed by atoms with Gasteiger partial charge < -0.3 is 58.3 Å². The molecule has 1 aromatic carbocycles. The van der Waals surface area contributed by atoms with Gasteiger partial charge in [-0.15, -0.1) is 0 Å². The molecule has 4 aliphatic rings. The first-order valence-corrected chi connectivity index (χ1v) is 24.5. The van der Waals surface area contributed by atoms with E-state index in [1.54, 1.807) is 70.2 Å². The Bertz CT molecular complexity index is 2170. The number of cyclic esters (lactones) is 1. The first kappa shape index (κ1) is 56.4. The van der Waals surface area contributed by atoms with Crippen LogP contribution in [0.25, 0.3) is 0 Å². The second kappa shape index (κ2) is 24.3. The number of methoxy groups -OCH3 is 2. The van der Waals surface area contributed by atoms with E-state index in [4.69, 9.17) is 37.9 Å². The number of allylic oxidation sites excluding steroid dienone is 3. The van der Waals surface area contributed by atoms with Crippen molar-refractivity contribution in [2.75, 3.05) is 14.2 Å². The van der Waals surface area contributed by atoms with Gasteiger partial charge in [0.05, 0.1) is 68.2 Å². The normalized spacial score (nSPS) is 33.2. The van der Waals surface area contributed by atoms with E-state index in [2.05, 4.69) is 15.9 Å². The summed E-state index contributed by atoms with van der Waals surface area (Å²) in [6.45, 7) is 9.97. The first-order valence-electron chi connectivity index (χ1n) is 23.7. The molecule has 386 valence electrons. The number of esters is 5. The van der Waals surface area contributed by atoms with Gasteiger partial charge >= 0.3 is 29.8 Å². The van der Waals surface area contributed by atoms with Crippen molar-refractivity contribution in [2.45, 2.75) is 172 Å². The van der Waals surface area contributed by atoms with E-state index in [1.807, 2.05) is 13.0 Å². The molecular weight excluding hydrogens is 976 g/mol. The van der Waals surface area contributed by atoms with Gasteiger partial charge in [0, 0.05) is 53.8 Å². The van der Waals surface area contributed by atoms with Crippen molar-refractivity contribution in [1.82, 2.24) is 0 Å². The highest BCUT2D eigenvalue weighted by atomic mass is 79.9. The number of benzene rings is 1. The molecule has 4 heterocycles. The van der Waals surface area contributed by atoms with E-state index in [0.717, 1.165) is 36.6 Å². The van der Waals surface area contributed by atoms with Crippen LogP contribution in [0.5, 0.6) is 0 Å². The van der Waals surface area contributed by atoms with E-state index in [0.29, 0.717) is 5.57 Å². The number of hydrogen-bond donors (Lipinski definition) is 4. The number of aliphatic hydroxyl groups is 4. The summed E-state index contributed by atoms with van der Waals surface area (Å²) in [6.07, 6.45) is 2.02. The Morgan fingerprint density at radius 3 is 2.20 bits per heavy atom. The fourth-order valence-electron chi connectivity index (χ4n) is 9.16. The molecule has 4 N–H and O–H groups in total. The molecule has 11 unspecified atom stereocenters. The van der Waals surface area contributed by atoms with Gasteiger partial charge in [-0.1, -0.05) is 92.9 Å². The molecule has 0 aromatic heterocycles. The third-order valence-electron chi connectivity index (χ3n) is 13.4. The number of carbonyl (C=O) groups excluding carboxylic acids is 5. The predicted octanol–water partition coefficient (Wildman–Crippen LogP) is 6.34. The predicted molar refractivity (Wildman–Crippen MR) is 256 cm³/mol. The number of unbranched alkanes of at least 4 members (excludes halogenated alkanes) is 1. The van der Waals surface area contributed by atoms with Crippen LogP contribution >= 0.6 is 15.9 Å². The molecule has 11 atom stereocenters. The number of carbonyl (C=O) groups is 5. The molecule has 3 saturated heterocycles. The van der Waals surface area contributed by atoms with Crippen molar-refractivity contribution in [3.8, 4) is 0 Å². The molecule has 0 saturated carbocycles. The lowest BCUT2D eigenvalue weighted by molar-refractivity contribution is -0.347. The van der Waals surface area contributed by atoms with Gasteiger partial charge in [0.1, 0.15) is 12.2 Å². The number of aliphatic hydroxyl groups excluding tert-OH is 2. The molecule has 1 aromatic rings. The lowest BCUT2D eigenvalue weighted by Crippen LogP contribution is -2.62. The molecule has 17 nitrogen and oxygen atoms in total. The van der Waals surface area contributed by atoms with E-state index in [1.165, 1.54) is 26.2 Å². The van der Waals surface area contributed by atoms with E-state index in [-0.39, 0.29) is 56.1 Å².